The predicted molar refractivity (Wildman–Crippen MR) is 324 cm³/mol. The molecule has 9 aromatic carbocycles. The molecule has 0 saturated heterocycles. The molecule has 4 nitrogen and oxygen atoms in total. The van der Waals surface area contributed by atoms with Crippen molar-refractivity contribution in [1.29, 1.82) is 0 Å². The molecular weight excluding hydrogens is 961 g/mol. The SMILES string of the molecule is CC1(C)C2=CCCC=C2N(c2ccc3c(c2)C2(c4cc(N5c6ccccc6C(C)(C)c6cc7c(cc65)Oc5ccccc5C7(C)C)ccc4C=C3)c3ccccc3-c3ccccc32)c2cc3c(cc21)C(C)(C)c1ccccc1O3. The second-order valence-corrected chi connectivity index (χ2v) is 25.1. The van der Waals surface area contributed by atoms with Crippen LogP contribution in [0.3, 0.4) is 0 Å². The van der Waals surface area contributed by atoms with Crippen LogP contribution in [-0.2, 0) is 27.1 Å². The fourth-order valence-corrected chi connectivity index (χ4v) is 15.5. The van der Waals surface area contributed by atoms with Gasteiger partial charge < -0.3 is 19.3 Å². The predicted octanol–water partition coefficient (Wildman–Crippen LogP) is 19.5. The fourth-order valence-electron chi connectivity index (χ4n) is 15.5. The number of anilines is 5. The average Bonchev–Trinajstić information content (AvgIpc) is 3.57. The lowest BCUT2D eigenvalue weighted by Gasteiger charge is -2.47. The first-order chi connectivity index (χ1) is 38.2. The van der Waals surface area contributed by atoms with E-state index in [1.807, 2.05) is 0 Å². The highest BCUT2D eigenvalue weighted by atomic mass is 16.5. The van der Waals surface area contributed by atoms with Gasteiger partial charge in [-0.25, -0.2) is 0 Å². The van der Waals surface area contributed by atoms with E-state index in [9.17, 15) is 0 Å². The number of fused-ring (bicyclic) bond motifs is 17. The van der Waals surface area contributed by atoms with Crippen LogP contribution in [0.1, 0.15) is 141 Å². The van der Waals surface area contributed by atoms with Crippen molar-refractivity contribution in [2.75, 3.05) is 9.80 Å². The van der Waals surface area contributed by atoms with Gasteiger partial charge in [-0.1, -0.05) is 195 Å². The van der Waals surface area contributed by atoms with Crippen molar-refractivity contribution in [3.63, 3.8) is 0 Å². The number of hydrogen-bond donors (Lipinski definition) is 0. The van der Waals surface area contributed by atoms with Gasteiger partial charge in [0.2, 0.25) is 0 Å². The van der Waals surface area contributed by atoms with Gasteiger partial charge in [-0.15, -0.1) is 0 Å². The summed E-state index contributed by atoms with van der Waals surface area (Å²) < 4.78 is 13.9. The largest absolute Gasteiger partial charge is 0.457 e. The number of para-hydroxylation sites is 3. The van der Waals surface area contributed by atoms with Crippen LogP contribution < -0.4 is 19.3 Å². The number of allylic oxidation sites excluding steroid dienone is 3. The zero-order chi connectivity index (χ0) is 53.5. The van der Waals surface area contributed by atoms with Gasteiger partial charge in [0.15, 0.2) is 0 Å². The molecule has 384 valence electrons. The lowest BCUT2D eigenvalue weighted by Crippen LogP contribution is -2.37. The smallest absolute Gasteiger partial charge is 0.133 e. The van der Waals surface area contributed by atoms with Crippen LogP contribution >= 0.6 is 0 Å². The Balaban J connectivity index is 0.941. The van der Waals surface area contributed by atoms with E-state index in [2.05, 4.69) is 271 Å². The summed E-state index contributed by atoms with van der Waals surface area (Å²) in [5, 5.41) is 0. The van der Waals surface area contributed by atoms with E-state index in [4.69, 9.17) is 9.47 Å². The van der Waals surface area contributed by atoms with Gasteiger partial charge in [-0.2, -0.15) is 0 Å². The van der Waals surface area contributed by atoms with Crippen LogP contribution in [0.5, 0.6) is 23.0 Å². The monoisotopic (exact) mass is 1020 g/mol. The molecule has 0 bridgehead atoms. The lowest BCUT2D eigenvalue weighted by molar-refractivity contribution is 0.416. The summed E-state index contributed by atoms with van der Waals surface area (Å²) in [5.74, 6) is 3.68. The fraction of sp³-hybridized carbons (Fsp3) is 0.200. The van der Waals surface area contributed by atoms with E-state index in [1.165, 1.54) is 106 Å². The van der Waals surface area contributed by atoms with Gasteiger partial charge in [0.1, 0.15) is 23.0 Å². The van der Waals surface area contributed by atoms with E-state index >= 15 is 0 Å². The molecule has 0 N–H and O–H groups in total. The van der Waals surface area contributed by atoms with Gasteiger partial charge >= 0.3 is 0 Å². The Morgan fingerprint density at radius 3 is 1.34 bits per heavy atom. The highest BCUT2D eigenvalue weighted by Gasteiger charge is 2.51. The van der Waals surface area contributed by atoms with Gasteiger partial charge in [0, 0.05) is 73.1 Å². The molecule has 4 aliphatic heterocycles. The third-order valence-electron chi connectivity index (χ3n) is 19.6. The molecule has 79 heavy (non-hydrogen) atoms. The molecule has 4 heteroatoms. The molecule has 16 rings (SSSR count). The molecule has 0 fully saturated rings. The third-order valence-corrected chi connectivity index (χ3v) is 19.6. The van der Waals surface area contributed by atoms with Crippen LogP contribution in [0.15, 0.2) is 205 Å². The average molecular weight is 1020 g/mol. The third kappa shape index (κ3) is 6.04. The summed E-state index contributed by atoms with van der Waals surface area (Å²) >= 11 is 0. The maximum atomic E-state index is 6.95. The first-order valence-corrected chi connectivity index (χ1v) is 28.4. The summed E-state index contributed by atoms with van der Waals surface area (Å²) in [5.41, 5.74) is 25.4. The summed E-state index contributed by atoms with van der Waals surface area (Å²) in [6.07, 6.45) is 11.7. The first kappa shape index (κ1) is 46.5. The Hall–Kier alpha value is -8.60. The standard InChI is InChI=1S/C75H62N2O2/c1-71(2)53-25-13-17-29-63(53)76(65-43-69-61(41-59(65)71)73(5,6)55-27-15-19-31-67(55)78-69)47-37-35-45-33-34-46-36-38-48(40-58(46)75(57(45)39-47)51-23-11-9-21-49(51)50-22-10-12-24-52(50)75)77-64-30-18-14-26-54(64)72(3,4)60-42-62-70(44-66(60)77)79-68-32-20-16-28-56(68)74(62,7)8/h9-13,15-17,19-44H,14,18H2,1-8H3. The molecule has 0 radical (unpaired) electrons. The van der Waals surface area contributed by atoms with Crippen LogP contribution in [0.2, 0.25) is 0 Å². The van der Waals surface area contributed by atoms with Crippen molar-refractivity contribution >= 4 is 40.6 Å². The molecule has 7 aliphatic rings. The Labute approximate surface area is 464 Å². The second-order valence-electron chi connectivity index (χ2n) is 25.1. The van der Waals surface area contributed by atoms with Crippen molar-refractivity contribution in [2.24, 2.45) is 0 Å². The number of nitrogens with zero attached hydrogens (tertiary/aromatic N) is 2. The van der Waals surface area contributed by atoms with Crippen molar-refractivity contribution < 1.29 is 9.47 Å². The molecule has 0 aromatic heterocycles. The zero-order valence-electron chi connectivity index (χ0n) is 46.3. The highest BCUT2D eigenvalue weighted by Crippen LogP contribution is 2.63. The molecule has 0 amide bonds. The molecule has 0 saturated carbocycles. The summed E-state index contributed by atoms with van der Waals surface area (Å²) in [6, 6.07) is 68.8. The molecular formula is C75H62N2O2. The number of benzene rings is 9. The van der Waals surface area contributed by atoms with Gasteiger partial charge in [0.05, 0.1) is 22.5 Å². The topological polar surface area (TPSA) is 24.9 Å². The van der Waals surface area contributed by atoms with Crippen molar-refractivity contribution in [3.8, 4) is 34.1 Å². The Bertz CT molecular complexity index is 4240. The maximum Gasteiger partial charge on any atom is 0.133 e. The quantitative estimate of drug-likeness (QED) is 0.172. The Morgan fingerprint density at radius 2 is 0.772 bits per heavy atom. The molecule has 1 spiro atoms. The minimum atomic E-state index is -0.707. The second kappa shape index (κ2) is 15.8. The van der Waals surface area contributed by atoms with Crippen LogP contribution in [-0.4, -0.2) is 0 Å². The summed E-state index contributed by atoms with van der Waals surface area (Å²) in [7, 11) is 0. The van der Waals surface area contributed by atoms with Crippen molar-refractivity contribution in [1.82, 2.24) is 0 Å². The van der Waals surface area contributed by atoms with Gasteiger partial charge in [-0.05, 0) is 134 Å². The van der Waals surface area contributed by atoms with E-state index in [-0.39, 0.29) is 21.7 Å². The van der Waals surface area contributed by atoms with E-state index in [0.717, 1.165) is 52.9 Å². The van der Waals surface area contributed by atoms with Gasteiger partial charge in [0.25, 0.3) is 0 Å². The normalized spacial score (nSPS) is 18.5. The highest BCUT2D eigenvalue weighted by molar-refractivity contribution is 5.95. The maximum absolute atomic E-state index is 6.95. The molecule has 9 aromatic rings. The van der Waals surface area contributed by atoms with E-state index in [0.29, 0.717) is 0 Å². The zero-order valence-corrected chi connectivity index (χ0v) is 46.3. The van der Waals surface area contributed by atoms with Crippen molar-refractivity contribution in [2.45, 2.75) is 95.3 Å². The molecule has 0 atom stereocenters. The van der Waals surface area contributed by atoms with Gasteiger partial charge in [-0.3, -0.25) is 0 Å². The van der Waals surface area contributed by atoms with E-state index in [1.54, 1.807) is 0 Å². The molecule has 4 heterocycles. The Kier molecular flexibility index (Phi) is 9.29. The molecule has 3 aliphatic carbocycles. The van der Waals surface area contributed by atoms with Crippen LogP contribution in [0, 0.1) is 0 Å². The van der Waals surface area contributed by atoms with Crippen LogP contribution in [0.4, 0.5) is 28.4 Å². The summed E-state index contributed by atoms with van der Waals surface area (Å²) in [6.45, 7) is 19.0. The lowest BCUT2D eigenvalue weighted by atomic mass is 9.65. The first-order valence-electron chi connectivity index (χ1n) is 28.4. The minimum Gasteiger partial charge on any atom is -0.457 e. The number of hydrogen-bond acceptors (Lipinski definition) is 4. The number of ether oxygens (including phenoxy) is 2. The van der Waals surface area contributed by atoms with E-state index < -0.39 is 5.41 Å². The number of rotatable bonds is 2. The molecule has 0 unspecified atom stereocenters. The Morgan fingerprint density at radius 1 is 0.329 bits per heavy atom. The van der Waals surface area contributed by atoms with Crippen LogP contribution in [0.25, 0.3) is 23.3 Å². The van der Waals surface area contributed by atoms with Crippen molar-refractivity contribution in [3.05, 3.63) is 278 Å². The summed E-state index contributed by atoms with van der Waals surface area (Å²) in [4.78, 5) is 5.10. The minimum absolute atomic E-state index is 0.249.